The van der Waals surface area contributed by atoms with Gasteiger partial charge in [-0.3, -0.25) is 9.69 Å². The Labute approximate surface area is 142 Å². The average Bonchev–Trinajstić information content (AvgIpc) is 2.97. The summed E-state index contributed by atoms with van der Waals surface area (Å²) in [6.07, 6.45) is 5.99. The number of hydrogen-bond acceptors (Lipinski definition) is 3. The maximum atomic E-state index is 12.4. The van der Waals surface area contributed by atoms with Crippen LogP contribution in [0.15, 0.2) is 0 Å². The molecule has 4 nitrogen and oxygen atoms in total. The van der Waals surface area contributed by atoms with Crippen LogP contribution >= 0.6 is 12.4 Å². The first-order chi connectivity index (χ1) is 10.1. The second-order valence-electron chi connectivity index (χ2n) is 7.06. The fourth-order valence-electron chi connectivity index (χ4n) is 3.85. The largest absolute Gasteiger partial charge is 0.352 e. The zero-order chi connectivity index (χ0) is 15.2. The van der Waals surface area contributed by atoms with Crippen LogP contribution < -0.4 is 10.6 Å². The van der Waals surface area contributed by atoms with Crippen molar-refractivity contribution in [1.29, 1.82) is 0 Å². The highest BCUT2D eigenvalue weighted by molar-refractivity contribution is 5.85. The van der Waals surface area contributed by atoms with Crippen LogP contribution in [-0.2, 0) is 4.79 Å². The maximum absolute atomic E-state index is 12.4. The topological polar surface area (TPSA) is 44.4 Å². The van der Waals surface area contributed by atoms with Crippen molar-refractivity contribution in [2.45, 2.75) is 65.0 Å². The van der Waals surface area contributed by atoms with Crippen LogP contribution in [0.3, 0.4) is 0 Å². The van der Waals surface area contributed by atoms with Gasteiger partial charge in [-0.05, 0) is 44.2 Å². The summed E-state index contributed by atoms with van der Waals surface area (Å²) in [5, 5.41) is 6.72. The normalized spacial score (nSPS) is 31.8. The van der Waals surface area contributed by atoms with Crippen LogP contribution in [0, 0.1) is 11.8 Å². The minimum absolute atomic E-state index is 0. The van der Waals surface area contributed by atoms with E-state index in [0.717, 1.165) is 38.4 Å². The van der Waals surface area contributed by atoms with Gasteiger partial charge in [-0.15, -0.1) is 12.4 Å². The first-order valence-electron chi connectivity index (χ1n) is 8.86. The molecular weight excluding hydrogens is 298 g/mol. The van der Waals surface area contributed by atoms with Crippen LogP contribution in [0.2, 0.25) is 0 Å². The fourth-order valence-corrected chi connectivity index (χ4v) is 3.85. The molecule has 2 aliphatic rings. The van der Waals surface area contributed by atoms with E-state index in [0.29, 0.717) is 24.5 Å². The van der Waals surface area contributed by atoms with Crippen LogP contribution in [0.4, 0.5) is 0 Å². The number of carbonyl (C=O) groups excluding carboxylic acids is 1. The summed E-state index contributed by atoms with van der Waals surface area (Å²) >= 11 is 0. The molecule has 2 rings (SSSR count). The van der Waals surface area contributed by atoms with Gasteiger partial charge in [0, 0.05) is 18.6 Å². The summed E-state index contributed by atoms with van der Waals surface area (Å²) in [5.41, 5.74) is 0. The highest BCUT2D eigenvalue weighted by Crippen LogP contribution is 2.29. The Morgan fingerprint density at radius 3 is 2.68 bits per heavy atom. The Morgan fingerprint density at radius 2 is 2.05 bits per heavy atom. The predicted molar refractivity (Wildman–Crippen MR) is 94.5 cm³/mol. The lowest BCUT2D eigenvalue weighted by Crippen LogP contribution is -2.49. The number of amides is 1. The van der Waals surface area contributed by atoms with Crippen LogP contribution in [0.5, 0.6) is 0 Å². The van der Waals surface area contributed by atoms with Gasteiger partial charge < -0.3 is 10.6 Å². The van der Waals surface area contributed by atoms with Gasteiger partial charge >= 0.3 is 0 Å². The molecule has 130 valence electrons. The van der Waals surface area contributed by atoms with Gasteiger partial charge in [0.05, 0.1) is 6.54 Å². The second kappa shape index (κ2) is 9.74. The lowest BCUT2D eigenvalue weighted by Gasteiger charge is -2.35. The molecule has 2 fully saturated rings. The molecule has 0 aromatic heterocycles. The Hall–Kier alpha value is -0.320. The fraction of sp³-hybridized carbons (Fsp3) is 0.941. The number of nitrogens with zero attached hydrogens (tertiary/aromatic N) is 1. The van der Waals surface area contributed by atoms with E-state index in [4.69, 9.17) is 0 Å². The van der Waals surface area contributed by atoms with Crippen molar-refractivity contribution in [3.8, 4) is 0 Å². The van der Waals surface area contributed by atoms with E-state index in [1.807, 2.05) is 0 Å². The van der Waals surface area contributed by atoms with E-state index in [-0.39, 0.29) is 18.3 Å². The summed E-state index contributed by atoms with van der Waals surface area (Å²) in [6.45, 7) is 10.5. The predicted octanol–water partition coefficient (Wildman–Crippen LogP) is 2.42. The monoisotopic (exact) mass is 331 g/mol. The van der Waals surface area contributed by atoms with Gasteiger partial charge in [0.15, 0.2) is 0 Å². The van der Waals surface area contributed by atoms with Crippen LogP contribution in [0.1, 0.15) is 52.9 Å². The summed E-state index contributed by atoms with van der Waals surface area (Å²) in [6, 6.07) is 0.921. The molecule has 5 heteroatoms. The van der Waals surface area contributed by atoms with Gasteiger partial charge in [0.1, 0.15) is 0 Å². The van der Waals surface area contributed by atoms with Gasteiger partial charge in [-0.25, -0.2) is 0 Å². The van der Waals surface area contributed by atoms with Crippen molar-refractivity contribution in [2.24, 2.45) is 11.8 Å². The second-order valence-corrected chi connectivity index (χ2v) is 7.06. The standard InChI is InChI=1S/C17H33N3O.ClH/c1-4-10-20(15-8-9-18-11-15)12-17(21)19-16-7-5-6-13(2)14(16)3;/h13-16,18H,4-12H2,1-3H3,(H,19,21);1H. The summed E-state index contributed by atoms with van der Waals surface area (Å²) in [4.78, 5) is 14.8. The molecule has 1 saturated heterocycles. The number of hydrogen-bond donors (Lipinski definition) is 2. The lowest BCUT2D eigenvalue weighted by atomic mass is 9.78. The van der Waals surface area contributed by atoms with Crippen molar-refractivity contribution in [1.82, 2.24) is 15.5 Å². The Bertz CT molecular complexity index is 334. The molecule has 0 aromatic carbocycles. The molecule has 0 bridgehead atoms. The van der Waals surface area contributed by atoms with Crippen LogP contribution in [0.25, 0.3) is 0 Å². The maximum Gasteiger partial charge on any atom is 0.234 e. The minimum Gasteiger partial charge on any atom is -0.352 e. The molecule has 0 aromatic rings. The quantitative estimate of drug-likeness (QED) is 0.785. The van der Waals surface area contributed by atoms with Gasteiger partial charge in [0.2, 0.25) is 5.91 Å². The lowest BCUT2D eigenvalue weighted by molar-refractivity contribution is -0.124. The SMILES string of the molecule is CCCN(CC(=O)NC1CCCC(C)C1C)C1CCNC1.Cl. The molecule has 22 heavy (non-hydrogen) atoms. The van der Waals surface area contributed by atoms with Crippen molar-refractivity contribution in [3.63, 3.8) is 0 Å². The number of halogens is 1. The molecule has 1 aliphatic heterocycles. The first kappa shape index (κ1) is 19.7. The molecule has 4 atom stereocenters. The third-order valence-electron chi connectivity index (χ3n) is 5.46. The molecule has 1 amide bonds. The van der Waals surface area contributed by atoms with Gasteiger partial charge in [-0.1, -0.05) is 33.6 Å². The number of carbonyl (C=O) groups is 1. The molecule has 4 unspecified atom stereocenters. The molecule has 2 N–H and O–H groups in total. The van der Waals surface area contributed by atoms with Crippen LogP contribution in [-0.4, -0.2) is 49.1 Å². The smallest absolute Gasteiger partial charge is 0.234 e. The molecule has 0 radical (unpaired) electrons. The molecule has 0 spiro atoms. The molecule has 1 saturated carbocycles. The van der Waals surface area contributed by atoms with Crippen molar-refractivity contribution in [3.05, 3.63) is 0 Å². The average molecular weight is 332 g/mol. The summed E-state index contributed by atoms with van der Waals surface area (Å²) in [7, 11) is 0. The van der Waals surface area contributed by atoms with E-state index in [1.165, 1.54) is 19.3 Å². The molecule has 1 heterocycles. The Balaban J connectivity index is 0.00000242. The van der Waals surface area contributed by atoms with E-state index in [1.54, 1.807) is 0 Å². The summed E-state index contributed by atoms with van der Waals surface area (Å²) in [5.74, 6) is 1.56. The minimum atomic E-state index is 0. The van der Waals surface area contributed by atoms with Gasteiger partial charge in [-0.2, -0.15) is 0 Å². The third kappa shape index (κ3) is 5.39. The van der Waals surface area contributed by atoms with E-state index in [2.05, 4.69) is 36.3 Å². The Kier molecular flexibility index (Phi) is 8.73. The molecule has 1 aliphatic carbocycles. The third-order valence-corrected chi connectivity index (χ3v) is 5.46. The number of nitrogens with one attached hydrogen (secondary N) is 2. The van der Waals surface area contributed by atoms with E-state index >= 15 is 0 Å². The first-order valence-corrected chi connectivity index (χ1v) is 8.86. The van der Waals surface area contributed by atoms with Gasteiger partial charge in [0.25, 0.3) is 0 Å². The Morgan fingerprint density at radius 1 is 1.27 bits per heavy atom. The zero-order valence-electron chi connectivity index (χ0n) is 14.4. The van der Waals surface area contributed by atoms with Crippen molar-refractivity contribution in [2.75, 3.05) is 26.2 Å². The van der Waals surface area contributed by atoms with E-state index in [9.17, 15) is 4.79 Å². The number of rotatable bonds is 6. The molecular formula is C17H34ClN3O. The van der Waals surface area contributed by atoms with E-state index < -0.39 is 0 Å². The summed E-state index contributed by atoms with van der Waals surface area (Å²) < 4.78 is 0. The van der Waals surface area contributed by atoms with Crippen molar-refractivity contribution < 1.29 is 4.79 Å². The highest BCUT2D eigenvalue weighted by atomic mass is 35.5. The van der Waals surface area contributed by atoms with Crippen molar-refractivity contribution >= 4 is 18.3 Å². The highest BCUT2D eigenvalue weighted by Gasteiger charge is 2.29. The zero-order valence-corrected chi connectivity index (χ0v) is 15.3.